The molecule has 0 atom stereocenters. The number of aromatic nitrogens is 2. The largest absolute Gasteiger partial charge is 0.477 e. The highest BCUT2D eigenvalue weighted by Crippen LogP contribution is 2.13. The van der Waals surface area contributed by atoms with Gasteiger partial charge in [-0.3, -0.25) is 9.59 Å². The summed E-state index contributed by atoms with van der Waals surface area (Å²) in [6, 6.07) is 6.34. The third kappa shape index (κ3) is 2.72. The molecule has 0 radical (unpaired) electrons. The van der Waals surface area contributed by atoms with Crippen LogP contribution in [0.2, 0.25) is 0 Å². The van der Waals surface area contributed by atoms with Crippen LogP contribution in [0.1, 0.15) is 38.3 Å². The number of aromatic amines is 1. The van der Waals surface area contributed by atoms with Crippen molar-refractivity contribution in [2.75, 3.05) is 5.32 Å². The Morgan fingerprint density at radius 2 is 2.05 bits per heavy atom. The van der Waals surface area contributed by atoms with Crippen LogP contribution in [-0.4, -0.2) is 32.7 Å². The first-order valence-corrected chi connectivity index (χ1v) is 5.68. The van der Waals surface area contributed by atoms with Crippen molar-refractivity contribution in [3.8, 4) is 0 Å². The summed E-state index contributed by atoms with van der Waals surface area (Å²) in [6.07, 6.45) is 1.13. The number of hydrogen-bond donors (Lipinski definition) is 3. The summed E-state index contributed by atoms with van der Waals surface area (Å²) in [7, 11) is 0. The molecule has 0 saturated heterocycles. The van der Waals surface area contributed by atoms with Gasteiger partial charge in [0.05, 0.1) is 6.33 Å². The van der Waals surface area contributed by atoms with Crippen LogP contribution >= 0.6 is 0 Å². The standard InChI is InChI=1S/C13H11N3O4/c1-7(17)8-3-2-4-9(5-8)16-12(18)10-11(13(19)20)15-6-14-10/h2-6H,1H3,(H,14,15)(H,16,18)(H,19,20). The second-order valence-electron chi connectivity index (χ2n) is 4.02. The minimum absolute atomic E-state index is 0.132. The molecule has 0 saturated carbocycles. The maximum atomic E-state index is 11.9. The second-order valence-corrected chi connectivity index (χ2v) is 4.02. The van der Waals surface area contributed by atoms with E-state index in [0.717, 1.165) is 6.33 Å². The van der Waals surface area contributed by atoms with Crippen LogP contribution in [0.25, 0.3) is 0 Å². The van der Waals surface area contributed by atoms with Crippen molar-refractivity contribution in [2.24, 2.45) is 0 Å². The number of ketones is 1. The van der Waals surface area contributed by atoms with Gasteiger partial charge in [0.15, 0.2) is 17.2 Å². The number of carboxylic acid groups (broad SMARTS) is 1. The number of amides is 1. The average molecular weight is 273 g/mol. The fourth-order valence-corrected chi connectivity index (χ4v) is 1.64. The molecule has 102 valence electrons. The summed E-state index contributed by atoms with van der Waals surface area (Å²) >= 11 is 0. The molecule has 0 spiro atoms. The number of H-pyrrole nitrogens is 1. The minimum atomic E-state index is -1.27. The van der Waals surface area contributed by atoms with Crippen LogP contribution in [0.4, 0.5) is 5.69 Å². The quantitative estimate of drug-likeness (QED) is 0.732. The summed E-state index contributed by atoms with van der Waals surface area (Å²) in [4.78, 5) is 40.1. The zero-order chi connectivity index (χ0) is 14.7. The number of aromatic carboxylic acids is 1. The Morgan fingerprint density at radius 3 is 2.70 bits per heavy atom. The Labute approximate surface area is 113 Å². The highest BCUT2D eigenvalue weighted by atomic mass is 16.4. The Hall–Kier alpha value is -2.96. The maximum absolute atomic E-state index is 11.9. The van der Waals surface area contributed by atoms with E-state index in [1.165, 1.54) is 13.0 Å². The number of imidazole rings is 1. The van der Waals surface area contributed by atoms with Gasteiger partial charge in [-0.05, 0) is 19.1 Å². The van der Waals surface area contributed by atoms with Crippen molar-refractivity contribution in [1.82, 2.24) is 9.97 Å². The van der Waals surface area contributed by atoms with Gasteiger partial charge in [0.1, 0.15) is 0 Å². The van der Waals surface area contributed by atoms with Crippen molar-refractivity contribution >= 4 is 23.3 Å². The van der Waals surface area contributed by atoms with E-state index in [9.17, 15) is 14.4 Å². The molecule has 3 N–H and O–H groups in total. The van der Waals surface area contributed by atoms with Gasteiger partial charge in [0.2, 0.25) is 0 Å². The lowest BCUT2D eigenvalue weighted by Crippen LogP contribution is -2.16. The van der Waals surface area contributed by atoms with Crippen molar-refractivity contribution in [1.29, 1.82) is 0 Å². The number of carbonyl (C=O) groups is 3. The number of rotatable bonds is 4. The fourth-order valence-electron chi connectivity index (χ4n) is 1.64. The zero-order valence-electron chi connectivity index (χ0n) is 10.5. The molecule has 2 rings (SSSR count). The van der Waals surface area contributed by atoms with Crippen molar-refractivity contribution in [3.63, 3.8) is 0 Å². The zero-order valence-corrected chi connectivity index (χ0v) is 10.5. The summed E-state index contributed by atoms with van der Waals surface area (Å²) in [5.41, 5.74) is 0.335. The van der Waals surface area contributed by atoms with Gasteiger partial charge >= 0.3 is 5.97 Å². The Kier molecular flexibility index (Phi) is 3.60. The van der Waals surface area contributed by atoms with E-state index in [4.69, 9.17) is 5.11 Å². The number of Topliss-reactive ketones (excluding diaryl/α,β-unsaturated/α-hetero) is 1. The van der Waals surface area contributed by atoms with Crippen molar-refractivity contribution in [2.45, 2.75) is 6.92 Å². The van der Waals surface area contributed by atoms with E-state index in [2.05, 4.69) is 15.3 Å². The van der Waals surface area contributed by atoms with E-state index in [-0.39, 0.29) is 17.2 Å². The third-order valence-electron chi connectivity index (χ3n) is 2.60. The number of nitrogens with zero attached hydrogens (tertiary/aromatic N) is 1. The molecule has 0 bridgehead atoms. The van der Waals surface area contributed by atoms with E-state index < -0.39 is 11.9 Å². The molecular formula is C13H11N3O4. The molecule has 20 heavy (non-hydrogen) atoms. The van der Waals surface area contributed by atoms with Crippen molar-refractivity contribution in [3.05, 3.63) is 47.5 Å². The van der Waals surface area contributed by atoms with Crippen LogP contribution in [0.3, 0.4) is 0 Å². The van der Waals surface area contributed by atoms with E-state index in [0.29, 0.717) is 11.3 Å². The SMILES string of the molecule is CC(=O)c1cccc(NC(=O)c2nc[nH]c2C(=O)O)c1. The molecule has 0 fully saturated rings. The first-order valence-electron chi connectivity index (χ1n) is 5.68. The van der Waals surface area contributed by atoms with Crippen LogP contribution in [-0.2, 0) is 0 Å². The predicted molar refractivity (Wildman–Crippen MR) is 69.9 cm³/mol. The van der Waals surface area contributed by atoms with Crippen LogP contribution in [0.5, 0.6) is 0 Å². The first kappa shape index (κ1) is 13.5. The Balaban J connectivity index is 2.23. The second kappa shape index (κ2) is 5.35. The minimum Gasteiger partial charge on any atom is -0.477 e. The summed E-state index contributed by atoms with van der Waals surface area (Å²) in [5, 5.41) is 11.4. The van der Waals surface area contributed by atoms with Gasteiger partial charge < -0.3 is 15.4 Å². The molecule has 0 aliphatic rings. The predicted octanol–water partition coefficient (Wildman–Crippen LogP) is 1.56. The third-order valence-corrected chi connectivity index (χ3v) is 2.60. The maximum Gasteiger partial charge on any atom is 0.354 e. The average Bonchev–Trinajstić information content (AvgIpc) is 2.88. The number of carbonyl (C=O) groups excluding carboxylic acids is 2. The lowest BCUT2D eigenvalue weighted by molar-refractivity contribution is 0.0686. The number of hydrogen-bond acceptors (Lipinski definition) is 4. The lowest BCUT2D eigenvalue weighted by Gasteiger charge is -2.05. The first-order chi connectivity index (χ1) is 9.49. The van der Waals surface area contributed by atoms with E-state index in [1.54, 1.807) is 18.2 Å². The Morgan fingerprint density at radius 1 is 1.30 bits per heavy atom. The highest BCUT2D eigenvalue weighted by molar-refractivity contribution is 6.09. The van der Waals surface area contributed by atoms with Crippen LogP contribution in [0, 0.1) is 0 Å². The van der Waals surface area contributed by atoms with Gasteiger partial charge in [-0.15, -0.1) is 0 Å². The number of carboxylic acids is 1. The number of anilines is 1. The Bertz CT molecular complexity index is 690. The van der Waals surface area contributed by atoms with Gasteiger partial charge in [-0.1, -0.05) is 12.1 Å². The molecular weight excluding hydrogens is 262 g/mol. The van der Waals surface area contributed by atoms with E-state index >= 15 is 0 Å². The topological polar surface area (TPSA) is 112 Å². The van der Waals surface area contributed by atoms with Crippen molar-refractivity contribution < 1.29 is 19.5 Å². The lowest BCUT2D eigenvalue weighted by atomic mass is 10.1. The monoisotopic (exact) mass is 273 g/mol. The van der Waals surface area contributed by atoms with Crippen LogP contribution in [0.15, 0.2) is 30.6 Å². The smallest absolute Gasteiger partial charge is 0.354 e. The van der Waals surface area contributed by atoms with Gasteiger partial charge in [0, 0.05) is 11.3 Å². The molecule has 2 aromatic rings. The van der Waals surface area contributed by atoms with Gasteiger partial charge in [-0.2, -0.15) is 0 Å². The molecule has 1 aromatic carbocycles. The van der Waals surface area contributed by atoms with Gasteiger partial charge in [0.25, 0.3) is 5.91 Å². The number of nitrogens with one attached hydrogen (secondary N) is 2. The molecule has 0 aliphatic carbocycles. The number of benzene rings is 1. The van der Waals surface area contributed by atoms with Crippen LogP contribution < -0.4 is 5.32 Å². The molecule has 1 amide bonds. The normalized spacial score (nSPS) is 10.1. The fraction of sp³-hybridized carbons (Fsp3) is 0.0769. The summed E-state index contributed by atoms with van der Waals surface area (Å²) in [6.45, 7) is 1.41. The molecule has 7 nitrogen and oxygen atoms in total. The van der Waals surface area contributed by atoms with E-state index in [1.807, 2.05) is 0 Å². The summed E-state index contributed by atoms with van der Waals surface area (Å²) in [5.74, 6) is -2.07. The molecule has 1 heterocycles. The molecule has 1 aromatic heterocycles. The summed E-state index contributed by atoms with van der Waals surface area (Å²) < 4.78 is 0. The van der Waals surface area contributed by atoms with Gasteiger partial charge in [-0.25, -0.2) is 9.78 Å². The molecule has 0 unspecified atom stereocenters. The molecule has 7 heteroatoms. The molecule has 0 aliphatic heterocycles. The highest BCUT2D eigenvalue weighted by Gasteiger charge is 2.19.